The molecule has 0 saturated heterocycles. The van der Waals surface area contributed by atoms with Crippen molar-refractivity contribution in [2.24, 2.45) is 0 Å². The van der Waals surface area contributed by atoms with E-state index in [-0.39, 0.29) is 18.0 Å². The first-order chi connectivity index (χ1) is 17.7. The highest BCUT2D eigenvalue weighted by molar-refractivity contribution is 7.18. The standard InChI is InChI=1S/C25H27ClN4O5S2/c1-13(2)30-8-7-16-20(12-30)37-24(29-16)23(32)28-17-9-14(25(33)35-4)10-18(34-3)15(17)11-27-22(31)19-5-6-21(26)36-19/h5-6,9-10,13H,7-8,11-12H2,1-4H3,(H,27,31)(H,28,32). The number of rotatable bonds is 8. The number of nitrogens with zero attached hydrogens (tertiary/aromatic N) is 2. The van der Waals surface area contributed by atoms with Gasteiger partial charge in [-0.25, -0.2) is 9.78 Å². The van der Waals surface area contributed by atoms with Gasteiger partial charge in [-0.2, -0.15) is 0 Å². The van der Waals surface area contributed by atoms with Gasteiger partial charge in [-0.3, -0.25) is 14.5 Å². The molecule has 9 nitrogen and oxygen atoms in total. The molecule has 0 saturated carbocycles. The lowest BCUT2D eigenvalue weighted by Gasteiger charge is -2.29. The smallest absolute Gasteiger partial charge is 0.338 e. The molecule has 0 atom stereocenters. The Balaban J connectivity index is 1.61. The van der Waals surface area contributed by atoms with E-state index in [0.717, 1.165) is 41.4 Å². The number of hydrogen-bond acceptors (Lipinski definition) is 9. The van der Waals surface area contributed by atoms with E-state index in [2.05, 4.69) is 34.4 Å². The molecular formula is C25H27ClN4O5S2. The molecule has 0 unspecified atom stereocenters. The second-order valence-corrected chi connectivity index (χ2v) is 11.4. The van der Waals surface area contributed by atoms with Crippen LogP contribution < -0.4 is 15.4 Å². The maximum Gasteiger partial charge on any atom is 0.338 e. The summed E-state index contributed by atoms with van der Waals surface area (Å²) in [5.41, 5.74) is 1.94. The van der Waals surface area contributed by atoms with Gasteiger partial charge in [-0.1, -0.05) is 11.6 Å². The third-order valence-corrected chi connectivity index (χ3v) is 8.32. The molecule has 12 heteroatoms. The molecule has 1 aromatic carbocycles. The number of esters is 1. The number of methoxy groups -OCH3 is 2. The summed E-state index contributed by atoms with van der Waals surface area (Å²) in [4.78, 5) is 46.6. The molecule has 3 heterocycles. The highest BCUT2D eigenvalue weighted by Gasteiger charge is 2.25. The summed E-state index contributed by atoms with van der Waals surface area (Å²) >= 11 is 8.47. The van der Waals surface area contributed by atoms with E-state index < -0.39 is 11.9 Å². The normalized spacial score (nSPS) is 13.2. The van der Waals surface area contributed by atoms with Gasteiger partial charge in [0.05, 0.1) is 40.4 Å². The molecule has 0 bridgehead atoms. The van der Waals surface area contributed by atoms with Crippen molar-refractivity contribution in [1.82, 2.24) is 15.2 Å². The Bertz CT molecular complexity index is 1340. The predicted molar refractivity (Wildman–Crippen MR) is 144 cm³/mol. The number of thiazole rings is 1. The number of halogens is 1. The molecule has 3 aromatic rings. The number of carbonyl (C=O) groups is 3. The lowest BCUT2D eigenvalue weighted by Crippen LogP contribution is -2.35. The van der Waals surface area contributed by atoms with Crippen LogP contribution >= 0.6 is 34.3 Å². The predicted octanol–water partition coefficient (Wildman–Crippen LogP) is 4.60. The van der Waals surface area contributed by atoms with Gasteiger partial charge in [-0.15, -0.1) is 22.7 Å². The van der Waals surface area contributed by atoms with Crippen LogP contribution in [0.2, 0.25) is 4.34 Å². The molecular weight excluding hydrogens is 536 g/mol. The SMILES string of the molecule is COC(=O)c1cc(NC(=O)c2nc3c(s2)CN(C(C)C)CC3)c(CNC(=O)c2ccc(Cl)s2)c(OC)c1. The summed E-state index contributed by atoms with van der Waals surface area (Å²) < 4.78 is 10.9. The van der Waals surface area contributed by atoms with E-state index in [9.17, 15) is 14.4 Å². The molecule has 1 aliphatic rings. The van der Waals surface area contributed by atoms with Gasteiger partial charge in [0, 0.05) is 42.5 Å². The van der Waals surface area contributed by atoms with Crippen molar-refractivity contribution in [2.45, 2.75) is 39.4 Å². The Morgan fingerprint density at radius 2 is 1.95 bits per heavy atom. The molecule has 4 rings (SSSR count). The van der Waals surface area contributed by atoms with E-state index in [1.807, 2.05) is 0 Å². The zero-order chi connectivity index (χ0) is 26.7. The Hall–Kier alpha value is -2.99. The second-order valence-electron chi connectivity index (χ2n) is 8.64. The number of ether oxygens (including phenoxy) is 2. The molecule has 0 fully saturated rings. The number of carbonyl (C=O) groups excluding carboxylic acids is 3. The van der Waals surface area contributed by atoms with Crippen molar-refractivity contribution in [3.8, 4) is 5.75 Å². The monoisotopic (exact) mass is 562 g/mol. The van der Waals surface area contributed by atoms with E-state index in [0.29, 0.717) is 37.3 Å². The van der Waals surface area contributed by atoms with E-state index in [4.69, 9.17) is 21.1 Å². The Kier molecular flexibility index (Phi) is 8.48. The Morgan fingerprint density at radius 3 is 2.59 bits per heavy atom. The first-order valence-corrected chi connectivity index (χ1v) is 13.6. The van der Waals surface area contributed by atoms with Gasteiger partial charge in [0.1, 0.15) is 5.75 Å². The first kappa shape index (κ1) is 27.1. The lowest BCUT2D eigenvalue weighted by molar-refractivity contribution is 0.0600. The van der Waals surface area contributed by atoms with Crippen LogP contribution in [0, 0.1) is 0 Å². The maximum absolute atomic E-state index is 13.3. The number of amides is 2. The van der Waals surface area contributed by atoms with Crippen LogP contribution in [-0.2, 0) is 24.2 Å². The number of anilines is 1. The van der Waals surface area contributed by atoms with Crippen LogP contribution in [0.1, 0.15) is 59.8 Å². The maximum atomic E-state index is 13.3. The van der Waals surface area contributed by atoms with Crippen molar-refractivity contribution in [2.75, 3.05) is 26.1 Å². The van der Waals surface area contributed by atoms with E-state index >= 15 is 0 Å². The van der Waals surface area contributed by atoms with Crippen molar-refractivity contribution in [3.63, 3.8) is 0 Å². The first-order valence-electron chi connectivity index (χ1n) is 11.6. The third kappa shape index (κ3) is 6.12. The fourth-order valence-electron chi connectivity index (χ4n) is 3.98. The van der Waals surface area contributed by atoms with Crippen LogP contribution in [0.25, 0.3) is 0 Å². The number of aromatic nitrogens is 1. The van der Waals surface area contributed by atoms with E-state index in [1.165, 1.54) is 37.7 Å². The largest absolute Gasteiger partial charge is 0.496 e. The van der Waals surface area contributed by atoms with Crippen LogP contribution in [-0.4, -0.2) is 54.5 Å². The number of thiophene rings is 1. The van der Waals surface area contributed by atoms with Crippen LogP contribution in [0.5, 0.6) is 5.75 Å². The van der Waals surface area contributed by atoms with Crippen molar-refractivity contribution < 1.29 is 23.9 Å². The number of nitrogens with one attached hydrogen (secondary N) is 2. The zero-order valence-corrected chi connectivity index (χ0v) is 23.2. The molecule has 2 N–H and O–H groups in total. The third-order valence-electron chi connectivity index (χ3n) is 6.01. The van der Waals surface area contributed by atoms with Crippen molar-refractivity contribution in [3.05, 3.63) is 60.2 Å². The summed E-state index contributed by atoms with van der Waals surface area (Å²) in [7, 11) is 2.72. The van der Waals surface area contributed by atoms with Gasteiger partial charge in [0.25, 0.3) is 11.8 Å². The van der Waals surface area contributed by atoms with Gasteiger partial charge >= 0.3 is 5.97 Å². The Labute approximate surface area is 227 Å². The fourth-order valence-corrected chi connectivity index (χ4v) is 5.97. The Morgan fingerprint density at radius 1 is 1.16 bits per heavy atom. The average Bonchev–Trinajstić information content (AvgIpc) is 3.52. The molecule has 1 aliphatic heterocycles. The summed E-state index contributed by atoms with van der Waals surface area (Å²) in [5.74, 6) is -1.00. The molecule has 2 aromatic heterocycles. The van der Waals surface area contributed by atoms with Crippen LogP contribution in [0.3, 0.4) is 0 Å². The molecule has 2 amide bonds. The topological polar surface area (TPSA) is 110 Å². The highest BCUT2D eigenvalue weighted by atomic mass is 35.5. The number of hydrogen-bond donors (Lipinski definition) is 2. The van der Waals surface area contributed by atoms with Crippen LogP contribution in [0.15, 0.2) is 24.3 Å². The van der Waals surface area contributed by atoms with E-state index in [1.54, 1.807) is 12.1 Å². The van der Waals surface area contributed by atoms with Gasteiger partial charge in [-0.05, 0) is 38.1 Å². The van der Waals surface area contributed by atoms with Crippen molar-refractivity contribution >= 4 is 57.7 Å². The molecule has 196 valence electrons. The van der Waals surface area contributed by atoms with Gasteiger partial charge < -0.3 is 20.1 Å². The second kappa shape index (κ2) is 11.6. The minimum atomic E-state index is -0.587. The molecule has 37 heavy (non-hydrogen) atoms. The van der Waals surface area contributed by atoms with Crippen molar-refractivity contribution in [1.29, 1.82) is 0 Å². The summed E-state index contributed by atoms with van der Waals surface area (Å²) in [6, 6.07) is 6.70. The quantitative estimate of drug-likeness (QED) is 0.386. The van der Waals surface area contributed by atoms with Gasteiger partial charge in [0.2, 0.25) is 0 Å². The van der Waals surface area contributed by atoms with Gasteiger partial charge in [0.15, 0.2) is 5.01 Å². The molecule has 0 spiro atoms. The highest BCUT2D eigenvalue weighted by Crippen LogP contribution is 2.32. The summed E-state index contributed by atoms with van der Waals surface area (Å²) in [5, 5.41) is 6.03. The van der Waals surface area contributed by atoms with Crippen LogP contribution in [0.4, 0.5) is 5.69 Å². The number of benzene rings is 1. The minimum absolute atomic E-state index is 0.0340. The lowest BCUT2D eigenvalue weighted by atomic mass is 10.1. The minimum Gasteiger partial charge on any atom is -0.496 e. The molecule has 0 radical (unpaired) electrons. The molecule has 0 aliphatic carbocycles. The average molecular weight is 563 g/mol. The summed E-state index contributed by atoms with van der Waals surface area (Å²) in [6.07, 6.45) is 0.785. The zero-order valence-electron chi connectivity index (χ0n) is 20.8. The summed E-state index contributed by atoms with van der Waals surface area (Å²) in [6.45, 7) is 5.98. The fraction of sp³-hybridized carbons (Fsp3) is 0.360. The number of fused-ring (bicyclic) bond motifs is 1.